The molecule has 1 aliphatic heterocycles. The maximum atomic E-state index is 12.4. The first-order chi connectivity index (χ1) is 11.6. The molecule has 0 saturated carbocycles. The molecule has 3 heterocycles. The van der Waals surface area contributed by atoms with Gasteiger partial charge in [0, 0.05) is 43.8 Å². The zero-order valence-corrected chi connectivity index (χ0v) is 14.3. The normalized spacial score (nSPS) is 16.1. The molecule has 1 amide bonds. The van der Waals surface area contributed by atoms with E-state index in [0.29, 0.717) is 5.56 Å². The third-order valence-electron chi connectivity index (χ3n) is 4.55. The fourth-order valence-corrected chi connectivity index (χ4v) is 3.17. The highest BCUT2D eigenvalue weighted by atomic mass is 16.1. The molecular weight excluding hydrogens is 300 g/mol. The molecule has 5 heteroatoms. The zero-order valence-electron chi connectivity index (χ0n) is 14.3. The lowest BCUT2D eigenvalue weighted by Crippen LogP contribution is -2.44. The molecule has 24 heavy (non-hydrogen) atoms. The molecular formula is C19H24N4O. The first-order valence-corrected chi connectivity index (χ1v) is 8.48. The largest absolute Gasteiger partial charge is 0.349 e. The highest BCUT2D eigenvalue weighted by Crippen LogP contribution is 2.15. The van der Waals surface area contributed by atoms with E-state index in [4.69, 9.17) is 0 Å². The second-order valence-corrected chi connectivity index (χ2v) is 6.46. The summed E-state index contributed by atoms with van der Waals surface area (Å²) < 4.78 is 0. The molecule has 3 rings (SSSR count). The molecule has 1 saturated heterocycles. The third-order valence-corrected chi connectivity index (χ3v) is 4.55. The highest BCUT2D eigenvalue weighted by molar-refractivity contribution is 5.95. The fraction of sp³-hybridized carbons (Fsp3) is 0.421. The summed E-state index contributed by atoms with van der Waals surface area (Å²) in [6, 6.07) is 8.11. The van der Waals surface area contributed by atoms with E-state index in [1.165, 1.54) is 5.56 Å². The maximum Gasteiger partial charge on any atom is 0.253 e. The topological polar surface area (TPSA) is 58.1 Å². The molecule has 2 aromatic heterocycles. The van der Waals surface area contributed by atoms with Gasteiger partial charge in [0.15, 0.2) is 0 Å². The van der Waals surface area contributed by atoms with Gasteiger partial charge in [-0.15, -0.1) is 0 Å². The molecule has 0 bridgehead atoms. The van der Waals surface area contributed by atoms with Crippen molar-refractivity contribution in [2.45, 2.75) is 39.3 Å². The predicted octanol–water partition coefficient (Wildman–Crippen LogP) is 2.49. The number of aryl methyl sites for hydroxylation is 2. The van der Waals surface area contributed by atoms with Crippen molar-refractivity contribution in [1.29, 1.82) is 0 Å². The van der Waals surface area contributed by atoms with Gasteiger partial charge < -0.3 is 5.32 Å². The van der Waals surface area contributed by atoms with Crippen molar-refractivity contribution in [2.75, 3.05) is 13.1 Å². The lowest BCUT2D eigenvalue weighted by atomic mass is 10.0. The summed E-state index contributed by atoms with van der Waals surface area (Å²) in [5.74, 6) is -0.00687. The number of hydrogen-bond acceptors (Lipinski definition) is 4. The molecule has 126 valence electrons. The van der Waals surface area contributed by atoms with Crippen LogP contribution in [0.3, 0.4) is 0 Å². The van der Waals surface area contributed by atoms with Crippen molar-refractivity contribution >= 4 is 5.91 Å². The van der Waals surface area contributed by atoms with E-state index in [9.17, 15) is 4.79 Å². The number of aromatic nitrogens is 2. The van der Waals surface area contributed by atoms with Gasteiger partial charge in [0.1, 0.15) is 0 Å². The Kier molecular flexibility index (Phi) is 5.20. The number of likely N-dealkylation sites (tertiary alicyclic amines) is 1. The van der Waals surface area contributed by atoms with Crippen LogP contribution in [0.15, 0.2) is 36.7 Å². The first-order valence-electron chi connectivity index (χ1n) is 8.48. The molecule has 0 atom stereocenters. The van der Waals surface area contributed by atoms with Gasteiger partial charge in [-0.2, -0.15) is 0 Å². The molecule has 1 N–H and O–H groups in total. The lowest BCUT2D eigenvalue weighted by Gasteiger charge is -2.32. The molecule has 2 aromatic rings. The molecule has 1 aliphatic rings. The minimum absolute atomic E-state index is 0.00687. The van der Waals surface area contributed by atoms with E-state index in [0.717, 1.165) is 43.9 Å². The average molecular weight is 324 g/mol. The second kappa shape index (κ2) is 7.53. The van der Waals surface area contributed by atoms with E-state index in [1.54, 1.807) is 0 Å². The number of piperidine rings is 1. The summed E-state index contributed by atoms with van der Waals surface area (Å²) in [5, 5.41) is 3.16. The van der Waals surface area contributed by atoms with Crippen LogP contribution in [-0.2, 0) is 6.54 Å². The monoisotopic (exact) mass is 324 g/mol. The van der Waals surface area contributed by atoms with Crippen LogP contribution < -0.4 is 5.32 Å². The van der Waals surface area contributed by atoms with Crippen LogP contribution in [0.2, 0.25) is 0 Å². The Hall–Kier alpha value is -2.27. The van der Waals surface area contributed by atoms with Gasteiger partial charge in [-0.25, -0.2) is 0 Å². The van der Waals surface area contributed by atoms with Crippen LogP contribution in [0.5, 0.6) is 0 Å². The second-order valence-electron chi connectivity index (χ2n) is 6.46. The SMILES string of the molecule is Cc1ccc(C(=O)NC2CCN(Cc3ccncc3)CC2)c(C)n1. The summed E-state index contributed by atoms with van der Waals surface area (Å²) in [6.45, 7) is 6.77. The number of carbonyl (C=O) groups is 1. The van der Waals surface area contributed by atoms with Gasteiger partial charge >= 0.3 is 0 Å². The zero-order chi connectivity index (χ0) is 16.9. The number of nitrogens with zero attached hydrogens (tertiary/aromatic N) is 3. The van der Waals surface area contributed by atoms with Crippen LogP contribution in [0.25, 0.3) is 0 Å². The summed E-state index contributed by atoms with van der Waals surface area (Å²) in [6.07, 6.45) is 5.63. The summed E-state index contributed by atoms with van der Waals surface area (Å²) in [5.41, 5.74) is 3.70. The Morgan fingerprint density at radius 3 is 2.54 bits per heavy atom. The molecule has 5 nitrogen and oxygen atoms in total. The van der Waals surface area contributed by atoms with Crippen LogP contribution in [0, 0.1) is 13.8 Å². The van der Waals surface area contributed by atoms with Gasteiger partial charge in [0.05, 0.1) is 11.3 Å². The number of pyridine rings is 2. The molecule has 0 radical (unpaired) electrons. The van der Waals surface area contributed by atoms with Gasteiger partial charge in [-0.1, -0.05) is 0 Å². The Bertz CT molecular complexity index is 694. The van der Waals surface area contributed by atoms with Crippen LogP contribution in [0.1, 0.15) is 40.2 Å². The van der Waals surface area contributed by atoms with Crippen molar-refractivity contribution in [3.05, 3.63) is 59.2 Å². The van der Waals surface area contributed by atoms with Crippen molar-refractivity contribution in [1.82, 2.24) is 20.2 Å². The number of nitrogens with one attached hydrogen (secondary N) is 1. The first kappa shape index (κ1) is 16.6. The van der Waals surface area contributed by atoms with Crippen molar-refractivity contribution in [3.8, 4) is 0 Å². The Labute approximate surface area is 143 Å². The molecule has 0 aliphatic carbocycles. The van der Waals surface area contributed by atoms with E-state index in [-0.39, 0.29) is 11.9 Å². The van der Waals surface area contributed by atoms with Crippen molar-refractivity contribution in [2.24, 2.45) is 0 Å². The van der Waals surface area contributed by atoms with E-state index < -0.39 is 0 Å². The van der Waals surface area contributed by atoms with Gasteiger partial charge in [-0.3, -0.25) is 19.7 Å². The summed E-state index contributed by atoms with van der Waals surface area (Å²) >= 11 is 0. The lowest BCUT2D eigenvalue weighted by molar-refractivity contribution is 0.0908. The van der Waals surface area contributed by atoms with E-state index in [1.807, 2.05) is 38.4 Å². The van der Waals surface area contributed by atoms with Gasteiger partial charge in [0.25, 0.3) is 5.91 Å². The fourth-order valence-electron chi connectivity index (χ4n) is 3.17. The minimum atomic E-state index is -0.00687. The number of rotatable bonds is 4. The standard InChI is InChI=1S/C19H24N4O/c1-14-3-4-18(15(2)21-14)19(24)22-17-7-11-23(12-8-17)13-16-5-9-20-10-6-16/h3-6,9-10,17H,7-8,11-13H2,1-2H3,(H,22,24). The van der Waals surface area contributed by atoms with Gasteiger partial charge in [0.2, 0.25) is 0 Å². The highest BCUT2D eigenvalue weighted by Gasteiger charge is 2.22. The number of amides is 1. The minimum Gasteiger partial charge on any atom is -0.349 e. The molecule has 0 unspecified atom stereocenters. The average Bonchev–Trinajstić information content (AvgIpc) is 2.57. The Balaban J connectivity index is 1.51. The molecule has 0 aromatic carbocycles. The summed E-state index contributed by atoms with van der Waals surface area (Å²) in [7, 11) is 0. The smallest absolute Gasteiger partial charge is 0.253 e. The van der Waals surface area contributed by atoms with Crippen molar-refractivity contribution in [3.63, 3.8) is 0 Å². The molecule has 1 fully saturated rings. The number of carbonyl (C=O) groups excluding carboxylic acids is 1. The Morgan fingerprint density at radius 2 is 1.88 bits per heavy atom. The summed E-state index contributed by atoms with van der Waals surface area (Å²) in [4.78, 5) is 23.3. The predicted molar refractivity (Wildman–Crippen MR) is 93.7 cm³/mol. The molecule has 0 spiro atoms. The van der Waals surface area contributed by atoms with Crippen LogP contribution in [-0.4, -0.2) is 39.9 Å². The quantitative estimate of drug-likeness (QED) is 0.939. The van der Waals surface area contributed by atoms with Crippen LogP contribution >= 0.6 is 0 Å². The van der Waals surface area contributed by atoms with E-state index >= 15 is 0 Å². The third kappa shape index (κ3) is 4.17. The van der Waals surface area contributed by atoms with E-state index in [2.05, 4.69) is 32.3 Å². The van der Waals surface area contributed by atoms with Gasteiger partial charge in [-0.05, 0) is 56.5 Å². The van der Waals surface area contributed by atoms with Crippen molar-refractivity contribution < 1.29 is 4.79 Å². The number of hydrogen-bond donors (Lipinski definition) is 1. The maximum absolute atomic E-state index is 12.4. The van der Waals surface area contributed by atoms with Crippen LogP contribution in [0.4, 0.5) is 0 Å². The Morgan fingerprint density at radius 1 is 1.17 bits per heavy atom.